The summed E-state index contributed by atoms with van der Waals surface area (Å²) in [5, 5.41) is 0. The van der Waals surface area contributed by atoms with Gasteiger partial charge in [0, 0.05) is 16.3 Å². The molecule has 0 atom stereocenters. The van der Waals surface area contributed by atoms with E-state index < -0.39 is 0 Å². The van der Waals surface area contributed by atoms with Crippen molar-refractivity contribution in [3.05, 3.63) is 42.5 Å². The van der Waals surface area contributed by atoms with Crippen LogP contribution in [0.5, 0.6) is 0 Å². The molecule has 3 heteroatoms. The molecule has 0 saturated carbocycles. The number of anilines is 2. The lowest BCUT2D eigenvalue weighted by atomic mass is 10.0. The molecule has 0 spiro atoms. The number of thioether (sulfide) groups is 1. The molecule has 2 rings (SSSR count). The quantitative estimate of drug-likeness (QED) is 0.615. The highest BCUT2D eigenvalue weighted by Crippen LogP contribution is 2.32. The third-order valence-electron chi connectivity index (χ3n) is 2.42. The zero-order valence-corrected chi connectivity index (χ0v) is 9.92. The highest BCUT2D eigenvalue weighted by molar-refractivity contribution is 7.98. The van der Waals surface area contributed by atoms with Gasteiger partial charge in [0.15, 0.2) is 0 Å². The summed E-state index contributed by atoms with van der Waals surface area (Å²) in [6, 6.07) is 13.8. The number of benzene rings is 2. The lowest BCUT2D eigenvalue weighted by Gasteiger charge is -2.09. The molecule has 0 heterocycles. The third kappa shape index (κ3) is 2.14. The molecule has 16 heavy (non-hydrogen) atoms. The average Bonchev–Trinajstić information content (AvgIpc) is 2.29. The normalized spacial score (nSPS) is 10.3. The summed E-state index contributed by atoms with van der Waals surface area (Å²) >= 11 is 1.71. The Kier molecular flexibility index (Phi) is 3.06. The van der Waals surface area contributed by atoms with E-state index in [1.807, 2.05) is 42.5 Å². The SMILES string of the molecule is CSc1ccc(N)cc1-c1cccc(N)c1. The molecule has 0 aromatic heterocycles. The summed E-state index contributed by atoms with van der Waals surface area (Å²) in [5.74, 6) is 0. The molecule has 0 aliphatic rings. The molecule has 0 fully saturated rings. The van der Waals surface area contributed by atoms with Crippen molar-refractivity contribution in [3.8, 4) is 11.1 Å². The van der Waals surface area contributed by atoms with E-state index in [9.17, 15) is 0 Å². The van der Waals surface area contributed by atoms with Gasteiger partial charge in [0.1, 0.15) is 0 Å². The van der Waals surface area contributed by atoms with Crippen LogP contribution in [0.15, 0.2) is 47.4 Å². The molecule has 0 aliphatic heterocycles. The fourth-order valence-electron chi connectivity index (χ4n) is 1.66. The van der Waals surface area contributed by atoms with E-state index >= 15 is 0 Å². The van der Waals surface area contributed by atoms with Gasteiger partial charge in [-0.05, 0) is 47.7 Å². The summed E-state index contributed by atoms with van der Waals surface area (Å²) in [6.07, 6.45) is 2.06. The molecule has 0 bridgehead atoms. The Labute approximate surface area is 99.7 Å². The average molecular weight is 230 g/mol. The van der Waals surface area contributed by atoms with Crippen LogP contribution >= 0.6 is 11.8 Å². The summed E-state index contributed by atoms with van der Waals surface area (Å²) in [6.45, 7) is 0. The lowest BCUT2D eigenvalue weighted by molar-refractivity contribution is 1.45. The first-order chi connectivity index (χ1) is 7.70. The fourth-order valence-corrected chi connectivity index (χ4v) is 2.26. The molecule has 4 N–H and O–H groups in total. The Hall–Kier alpha value is -1.61. The first kappa shape index (κ1) is 10.9. The van der Waals surface area contributed by atoms with Crippen molar-refractivity contribution in [2.45, 2.75) is 4.90 Å². The Morgan fingerprint density at radius 3 is 2.38 bits per heavy atom. The first-order valence-electron chi connectivity index (χ1n) is 5.00. The summed E-state index contributed by atoms with van der Waals surface area (Å²) in [4.78, 5) is 1.21. The predicted octanol–water partition coefficient (Wildman–Crippen LogP) is 3.24. The third-order valence-corrected chi connectivity index (χ3v) is 3.22. The maximum Gasteiger partial charge on any atom is 0.0321 e. The molecule has 0 radical (unpaired) electrons. The van der Waals surface area contributed by atoms with Crippen molar-refractivity contribution < 1.29 is 0 Å². The standard InChI is InChI=1S/C13H14N2S/c1-16-13-6-5-11(15)8-12(13)9-3-2-4-10(14)7-9/h2-8H,14-15H2,1H3. The highest BCUT2D eigenvalue weighted by atomic mass is 32.2. The minimum atomic E-state index is 0.770. The van der Waals surface area contributed by atoms with E-state index in [1.54, 1.807) is 11.8 Å². The molecule has 82 valence electrons. The Morgan fingerprint density at radius 2 is 1.69 bits per heavy atom. The van der Waals surface area contributed by atoms with Gasteiger partial charge in [-0.15, -0.1) is 11.8 Å². The van der Waals surface area contributed by atoms with Gasteiger partial charge in [0.05, 0.1) is 0 Å². The molecule has 2 aromatic rings. The van der Waals surface area contributed by atoms with E-state index in [-0.39, 0.29) is 0 Å². The monoisotopic (exact) mass is 230 g/mol. The largest absolute Gasteiger partial charge is 0.399 e. The minimum absolute atomic E-state index is 0.770. The van der Waals surface area contributed by atoms with Crippen LogP contribution in [0.4, 0.5) is 11.4 Å². The van der Waals surface area contributed by atoms with Crippen molar-refractivity contribution in [1.29, 1.82) is 0 Å². The first-order valence-corrected chi connectivity index (χ1v) is 6.22. The van der Waals surface area contributed by atoms with Crippen LogP contribution in [0.2, 0.25) is 0 Å². The van der Waals surface area contributed by atoms with E-state index in [0.717, 1.165) is 22.5 Å². The van der Waals surface area contributed by atoms with Crippen molar-refractivity contribution in [2.75, 3.05) is 17.7 Å². The summed E-state index contributed by atoms with van der Waals surface area (Å²) in [7, 11) is 0. The van der Waals surface area contributed by atoms with Crippen LogP contribution in [0.3, 0.4) is 0 Å². The van der Waals surface area contributed by atoms with Crippen molar-refractivity contribution in [2.24, 2.45) is 0 Å². The van der Waals surface area contributed by atoms with Gasteiger partial charge in [0.25, 0.3) is 0 Å². The van der Waals surface area contributed by atoms with Gasteiger partial charge in [-0.1, -0.05) is 12.1 Å². The van der Waals surface area contributed by atoms with Gasteiger partial charge >= 0.3 is 0 Å². The second-order valence-electron chi connectivity index (χ2n) is 3.59. The molecule has 2 nitrogen and oxygen atoms in total. The number of rotatable bonds is 2. The lowest BCUT2D eigenvalue weighted by Crippen LogP contribution is -1.90. The molecule has 0 saturated heterocycles. The predicted molar refractivity (Wildman–Crippen MR) is 72.5 cm³/mol. The van der Waals surface area contributed by atoms with Crippen molar-refractivity contribution >= 4 is 23.1 Å². The number of nitrogen functional groups attached to an aromatic ring is 2. The van der Waals surface area contributed by atoms with Crippen molar-refractivity contribution in [1.82, 2.24) is 0 Å². The fraction of sp³-hybridized carbons (Fsp3) is 0.0769. The number of hydrogen-bond donors (Lipinski definition) is 2. The molecular weight excluding hydrogens is 216 g/mol. The number of hydrogen-bond acceptors (Lipinski definition) is 3. The topological polar surface area (TPSA) is 52.0 Å². The summed E-state index contributed by atoms with van der Waals surface area (Å²) in [5.41, 5.74) is 15.4. The van der Waals surface area contributed by atoms with Crippen LogP contribution < -0.4 is 11.5 Å². The Bertz CT molecular complexity index is 509. The minimum Gasteiger partial charge on any atom is -0.399 e. The van der Waals surface area contributed by atoms with Crippen molar-refractivity contribution in [3.63, 3.8) is 0 Å². The van der Waals surface area contributed by atoms with Gasteiger partial charge in [-0.3, -0.25) is 0 Å². The summed E-state index contributed by atoms with van der Waals surface area (Å²) < 4.78 is 0. The highest BCUT2D eigenvalue weighted by Gasteiger charge is 2.05. The molecule has 0 amide bonds. The number of nitrogens with two attached hydrogens (primary N) is 2. The van der Waals surface area contributed by atoms with E-state index in [1.165, 1.54) is 4.90 Å². The van der Waals surface area contributed by atoms with Gasteiger partial charge in [-0.25, -0.2) is 0 Å². The van der Waals surface area contributed by atoms with Crippen LogP contribution in [0.25, 0.3) is 11.1 Å². The maximum absolute atomic E-state index is 5.82. The smallest absolute Gasteiger partial charge is 0.0321 e. The van der Waals surface area contributed by atoms with Crippen LogP contribution in [0.1, 0.15) is 0 Å². The Balaban J connectivity index is 2.58. The Morgan fingerprint density at radius 1 is 0.938 bits per heavy atom. The molecule has 0 unspecified atom stereocenters. The van der Waals surface area contributed by atoms with E-state index in [4.69, 9.17) is 11.5 Å². The van der Waals surface area contributed by atoms with Crippen LogP contribution in [0, 0.1) is 0 Å². The van der Waals surface area contributed by atoms with Gasteiger partial charge < -0.3 is 11.5 Å². The zero-order valence-electron chi connectivity index (χ0n) is 9.10. The zero-order chi connectivity index (χ0) is 11.5. The molecule has 2 aromatic carbocycles. The van der Waals surface area contributed by atoms with Crippen LogP contribution in [-0.2, 0) is 0 Å². The molecular formula is C13H14N2S. The molecule has 0 aliphatic carbocycles. The van der Waals surface area contributed by atoms with E-state index in [2.05, 4.69) is 6.26 Å². The van der Waals surface area contributed by atoms with Crippen LogP contribution in [-0.4, -0.2) is 6.26 Å². The maximum atomic E-state index is 5.82. The van der Waals surface area contributed by atoms with Gasteiger partial charge in [0.2, 0.25) is 0 Å². The van der Waals surface area contributed by atoms with E-state index in [0.29, 0.717) is 0 Å². The second-order valence-corrected chi connectivity index (χ2v) is 4.43. The second kappa shape index (κ2) is 4.49. The van der Waals surface area contributed by atoms with Gasteiger partial charge in [-0.2, -0.15) is 0 Å².